The molecule has 13 heteroatoms. The Morgan fingerprint density at radius 2 is 1.91 bits per heavy atom. The number of aromatic amines is 1. The van der Waals surface area contributed by atoms with Crippen molar-refractivity contribution < 1.29 is 17.6 Å². The lowest BCUT2D eigenvalue weighted by Crippen LogP contribution is -2.15. The van der Waals surface area contributed by atoms with E-state index in [1.54, 1.807) is 12.1 Å². The summed E-state index contributed by atoms with van der Waals surface area (Å²) >= 11 is 0. The van der Waals surface area contributed by atoms with E-state index in [-0.39, 0.29) is 34.9 Å². The lowest BCUT2D eigenvalue weighted by molar-refractivity contribution is -0.144. The van der Waals surface area contributed by atoms with Crippen molar-refractivity contribution in [2.45, 2.75) is 12.6 Å². The lowest BCUT2D eigenvalue weighted by atomic mass is 10.1. The van der Waals surface area contributed by atoms with Gasteiger partial charge < -0.3 is 16.0 Å². The second-order valence-corrected chi connectivity index (χ2v) is 6.57. The summed E-state index contributed by atoms with van der Waals surface area (Å²) in [6.45, 7) is 0. The third kappa shape index (κ3) is 5.64. The number of amidine groups is 1. The fourth-order valence-corrected chi connectivity index (χ4v) is 2.84. The minimum Gasteiger partial charge on any atom is -0.382 e. The van der Waals surface area contributed by atoms with Crippen molar-refractivity contribution in [2.75, 3.05) is 5.32 Å². The Kier molecular flexibility index (Phi) is 6.91. The number of rotatable bonds is 8. The van der Waals surface area contributed by atoms with Crippen LogP contribution in [0.2, 0.25) is 0 Å². The third-order valence-corrected chi connectivity index (χ3v) is 4.33. The number of hydrogen-bond donors (Lipinski definition) is 5. The second kappa shape index (κ2) is 9.80. The highest BCUT2D eigenvalue weighted by Crippen LogP contribution is 2.29. The topological polar surface area (TPSA) is 152 Å². The van der Waals surface area contributed by atoms with E-state index in [1.165, 1.54) is 24.4 Å². The maximum absolute atomic E-state index is 13.8. The van der Waals surface area contributed by atoms with Gasteiger partial charge in [0.15, 0.2) is 0 Å². The Hall–Kier alpha value is -4.42. The molecule has 2 heterocycles. The van der Waals surface area contributed by atoms with E-state index < -0.39 is 17.8 Å². The SMILES string of the molecule is N=C/N=C(/N)c1[nH]c(C/C(=C/Nc2ccccc2F)N=N)cc1-c1cnc(C(F)(F)F)nc1. The monoisotopic (exact) mass is 459 g/mol. The van der Waals surface area contributed by atoms with Gasteiger partial charge in [0, 0.05) is 41.8 Å². The van der Waals surface area contributed by atoms with Crippen LogP contribution < -0.4 is 11.1 Å². The zero-order chi connectivity index (χ0) is 24.0. The molecule has 2 aromatic heterocycles. The Morgan fingerprint density at radius 1 is 1.21 bits per heavy atom. The van der Waals surface area contributed by atoms with Crippen LogP contribution in [0.3, 0.4) is 0 Å². The first kappa shape index (κ1) is 23.2. The van der Waals surface area contributed by atoms with E-state index in [2.05, 4.69) is 30.4 Å². The number of alkyl halides is 3. The van der Waals surface area contributed by atoms with Gasteiger partial charge in [0.1, 0.15) is 18.0 Å². The first-order valence-electron chi connectivity index (χ1n) is 9.24. The maximum Gasteiger partial charge on any atom is 0.451 e. The summed E-state index contributed by atoms with van der Waals surface area (Å²) in [5, 5.41) is 13.3. The standard InChI is InChI=1S/C20H17F4N9/c21-15-3-1-2-4-16(15)28-9-13(33-27)5-12-6-14(17(32-12)18(26)31-10-25)11-7-29-19(30-8-11)20(22,23)24/h1-4,6-10,27-28,32H,5H2,(H3,25,26,31)/b13-9-,33-27?. The van der Waals surface area contributed by atoms with E-state index in [4.69, 9.17) is 16.7 Å². The van der Waals surface area contributed by atoms with E-state index in [0.29, 0.717) is 17.6 Å². The second-order valence-electron chi connectivity index (χ2n) is 6.57. The fourth-order valence-electron chi connectivity index (χ4n) is 2.84. The number of para-hydroxylation sites is 1. The molecule has 6 N–H and O–H groups in total. The zero-order valence-electron chi connectivity index (χ0n) is 16.8. The molecule has 0 fully saturated rings. The van der Waals surface area contributed by atoms with Crippen LogP contribution >= 0.6 is 0 Å². The number of allylic oxidation sites excluding steroid dienone is 1. The minimum atomic E-state index is -4.69. The van der Waals surface area contributed by atoms with Gasteiger partial charge in [-0.05, 0) is 18.2 Å². The highest BCUT2D eigenvalue weighted by atomic mass is 19.4. The predicted molar refractivity (Wildman–Crippen MR) is 113 cm³/mol. The Bertz CT molecular complexity index is 1210. The van der Waals surface area contributed by atoms with Gasteiger partial charge >= 0.3 is 6.18 Å². The number of anilines is 1. The fraction of sp³-hybridized carbons (Fsp3) is 0.100. The molecule has 0 amide bonds. The molecular weight excluding hydrogens is 442 g/mol. The first-order chi connectivity index (χ1) is 15.7. The summed E-state index contributed by atoms with van der Waals surface area (Å²) in [6, 6.07) is 7.52. The number of benzene rings is 1. The molecule has 0 saturated heterocycles. The molecule has 3 aromatic rings. The van der Waals surface area contributed by atoms with Crippen LogP contribution in [-0.2, 0) is 12.6 Å². The lowest BCUT2D eigenvalue weighted by Gasteiger charge is -2.06. The number of nitrogens with two attached hydrogens (primary N) is 1. The number of aliphatic imine (C=N–C) groups is 1. The summed E-state index contributed by atoms with van der Waals surface area (Å²) in [5.41, 5.74) is 14.9. The Balaban J connectivity index is 1.93. The smallest absolute Gasteiger partial charge is 0.382 e. The number of nitrogens with zero attached hydrogens (tertiary/aromatic N) is 4. The largest absolute Gasteiger partial charge is 0.451 e. The van der Waals surface area contributed by atoms with Crippen LogP contribution in [0, 0.1) is 16.8 Å². The van der Waals surface area contributed by atoms with E-state index >= 15 is 0 Å². The molecule has 0 atom stereocenters. The maximum atomic E-state index is 13.8. The van der Waals surface area contributed by atoms with Crippen LogP contribution in [0.1, 0.15) is 17.2 Å². The minimum absolute atomic E-state index is 0.0668. The number of aromatic nitrogens is 3. The number of nitrogens with one attached hydrogen (secondary N) is 4. The number of halogens is 4. The predicted octanol–water partition coefficient (Wildman–Crippen LogP) is 4.47. The van der Waals surface area contributed by atoms with Crippen molar-refractivity contribution in [3.63, 3.8) is 0 Å². The molecule has 9 nitrogen and oxygen atoms in total. The molecule has 0 aliphatic heterocycles. The molecule has 0 bridgehead atoms. The number of H-pyrrole nitrogens is 1. The molecule has 0 saturated carbocycles. The van der Waals surface area contributed by atoms with Crippen molar-refractivity contribution in [1.29, 1.82) is 10.9 Å². The van der Waals surface area contributed by atoms with Crippen LogP contribution in [0.4, 0.5) is 23.2 Å². The van der Waals surface area contributed by atoms with Crippen LogP contribution in [0.5, 0.6) is 0 Å². The van der Waals surface area contributed by atoms with E-state index in [1.807, 2.05) is 0 Å². The molecule has 170 valence electrons. The number of hydrogen-bond acceptors (Lipinski definition) is 6. The molecule has 0 aliphatic carbocycles. The van der Waals surface area contributed by atoms with Crippen LogP contribution in [0.15, 0.2) is 64.7 Å². The molecule has 0 unspecified atom stereocenters. The summed E-state index contributed by atoms with van der Waals surface area (Å²) < 4.78 is 52.1. The van der Waals surface area contributed by atoms with Gasteiger partial charge in [-0.2, -0.15) is 18.3 Å². The Labute approximate surface area is 184 Å². The zero-order valence-corrected chi connectivity index (χ0v) is 16.8. The molecule has 33 heavy (non-hydrogen) atoms. The third-order valence-electron chi connectivity index (χ3n) is 4.33. The summed E-state index contributed by atoms with van der Waals surface area (Å²) in [6.07, 6.45) is -0.568. The van der Waals surface area contributed by atoms with Crippen molar-refractivity contribution in [3.05, 3.63) is 77.7 Å². The first-order valence-corrected chi connectivity index (χ1v) is 9.24. The highest BCUT2D eigenvalue weighted by molar-refractivity contribution is 6.04. The van der Waals surface area contributed by atoms with Gasteiger partial charge in [0.2, 0.25) is 5.82 Å². The average molecular weight is 459 g/mol. The van der Waals surface area contributed by atoms with E-state index in [0.717, 1.165) is 12.4 Å². The molecule has 0 radical (unpaired) electrons. The van der Waals surface area contributed by atoms with Gasteiger partial charge in [0.25, 0.3) is 0 Å². The molecule has 1 aromatic carbocycles. The van der Waals surface area contributed by atoms with Gasteiger partial charge in [-0.1, -0.05) is 12.1 Å². The van der Waals surface area contributed by atoms with Crippen molar-refractivity contribution in [1.82, 2.24) is 15.0 Å². The highest BCUT2D eigenvalue weighted by Gasteiger charge is 2.34. The quantitative estimate of drug-likeness (QED) is 0.146. The van der Waals surface area contributed by atoms with Crippen molar-refractivity contribution >= 4 is 17.9 Å². The van der Waals surface area contributed by atoms with Gasteiger partial charge in [-0.3, -0.25) is 5.41 Å². The Morgan fingerprint density at radius 3 is 2.52 bits per heavy atom. The van der Waals surface area contributed by atoms with Gasteiger partial charge in [-0.15, -0.1) is 0 Å². The molecule has 0 spiro atoms. The van der Waals surface area contributed by atoms with Crippen LogP contribution in [-0.4, -0.2) is 27.1 Å². The van der Waals surface area contributed by atoms with E-state index in [9.17, 15) is 17.6 Å². The van der Waals surface area contributed by atoms with Gasteiger partial charge in [0.05, 0.1) is 17.1 Å². The summed E-state index contributed by atoms with van der Waals surface area (Å²) in [5.74, 6) is -1.87. The van der Waals surface area contributed by atoms with Gasteiger partial charge in [-0.25, -0.2) is 24.9 Å². The van der Waals surface area contributed by atoms with Crippen molar-refractivity contribution in [3.8, 4) is 11.1 Å². The summed E-state index contributed by atoms with van der Waals surface area (Å²) in [7, 11) is 0. The van der Waals surface area contributed by atoms with Crippen LogP contribution in [0.25, 0.3) is 11.1 Å². The molecule has 3 rings (SSSR count). The van der Waals surface area contributed by atoms with Crippen molar-refractivity contribution in [2.24, 2.45) is 15.8 Å². The average Bonchev–Trinajstić information content (AvgIpc) is 3.21. The summed E-state index contributed by atoms with van der Waals surface area (Å²) in [4.78, 5) is 13.4. The molecule has 0 aliphatic rings. The molecular formula is C20H17F4N9. The normalized spacial score (nSPS) is 12.5.